The van der Waals surface area contributed by atoms with Gasteiger partial charge in [-0.3, -0.25) is 4.79 Å². The summed E-state index contributed by atoms with van der Waals surface area (Å²) in [6.45, 7) is 9.07. The summed E-state index contributed by atoms with van der Waals surface area (Å²) in [7, 11) is 4.12. The largest absolute Gasteiger partial charge is 0.376 e. The van der Waals surface area contributed by atoms with Crippen molar-refractivity contribution in [2.45, 2.75) is 64.9 Å². The molecule has 1 aliphatic rings. The van der Waals surface area contributed by atoms with E-state index in [9.17, 15) is 4.79 Å². The van der Waals surface area contributed by atoms with E-state index in [1.807, 2.05) is 0 Å². The molecule has 1 amide bonds. The highest BCUT2D eigenvalue weighted by Gasteiger charge is 2.41. The number of amides is 1. The highest BCUT2D eigenvalue weighted by atomic mass is 16.5. The molecule has 1 fully saturated rings. The van der Waals surface area contributed by atoms with Gasteiger partial charge in [0.2, 0.25) is 5.91 Å². The van der Waals surface area contributed by atoms with Gasteiger partial charge in [0.05, 0.1) is 5.60 Å². The summed E-state index contributed by atoms with van der Waals surface area (Å²) in [5.74, 6) is 0.208. The average molecular weight is 298 g/mol. The van der Waals surface area contributed by atoms with E-state index in [2.05, 4.69) is 45.1 Å². The fraction of sp³-hybridized carbons (Fsp3) is 0.941. The van der Waals surface area contributed by atoms with Crippen LogP contribution in [0.3, 0.4) is 0 Å². The molecule has 21 heavy (non-hydrogen) atoms. The molecule has 0 bridgehead atoms. The fourth-order valence-electron chi connectivity index (χ4n) is 3.60. The molecule has 4 nitrogen and oxygen atoms in total. The van der Waals surface area contributed by atoms with Gasteiger partial charge in [-0.1, -0.05) is 13.3 Å². The molecule has 124 valence electrons. The van der Waals surface area contributed by atoms with Crippen LogP contribution >= 0.6 is 0 Å². The van der Waals surface area contributed by atoms with Crippen molar-refractivity contribution in [2.75, 3.05) is 33.8 Å². The lowest BCUT2D eigenvalue weighted by Crippen LogP contribution is -2.44. The Kier molecular flexibility index (Phi) is 7.14. The van der Waals surface area contributed by atoms with Crippen molar-refractivity contribution in [2.24, 2.45) is 5.41 Å². The fourth-order valence-corrected chi connectivity index (χ4v) is 3.60. The maximum absolute atomic E-state index is 12.3. The first-order chi connectivity index (χ1) is 9.79. The summed E-state index contributed by atoms with van der Waals surface area (Å²) in [5.41, 5.74) is 0.0285. The monoisotopic (exact) mass is 298 g/mol. The average Bonchev–Trinajstić information content (AvgIpc) is 2.33. The van der Waals surface area contributed by atoms with Crippen LogP contribution in [0.5, 0.6) is 0 Å². The standard InChI is InChI=1S/C17H34N2O2/c1-6-8-17(9-12-21-16(2,3)14-17)13-15(20)18-10-7-11-19(4)5/h6-14H2,1-5H3,(H,18,20)/t17-/m0/s1. The van der Waals surface area contributed by atoms with Crippen LogP contribution in [0.15, 0.2) is 0 Å². The van der Waals surface area contributed by atoms with Crippen molar-refractivity contribution >= 4 is 5.91 Å². The van der Waals surface area contributed by atoms with Crippen LogP contribution < -0.4 is 5.32 Å². The predicted octanol–water partition coefficient (Wildman–Crippen LogP) is 2.82. The summed E-state index contributed by atoms with van der Waals surface area (Å²) in [4.78, 5) is 14.4. The molecular formula is C17H34N2O2. The van der Waals surface area contributed by atoms with E-state index >= 15 is 0 Å². The van der Waals surface area contributed by atoms with Crippen LogP contribution in [-0.2, 0) is 9.53 Å². The Morgan fingerprint density at radius 3 is 2.62 bits per heavy atom. The third-order valence-electron chi connectivity index (χ3n) is 4.35. The SMILES string of the molecule is CCC[C@@]1(CC(=O)NCCCN(C)C)CCOC(C)(C)C1. The third-order valence-corrected chi connectivity index (χ3v) is 4.35. The molecule has 1 saturated heterocycles. The summed E-state index contributed by atoms with van der Waals surface area (Å²) in [6.07, 6.45) is 5.90. The van der Waals surface area contributed by atoms with Crippen LogP contribution in [0, 0.1) is 5.41 Å². The van der Waals surface area contributed by atoms with E-state index in [0.717, 1.165) is 51.8 Å². The van der Waals surface area contributed by atoms with Crippen LogP contribution in [0.25, 0.3) is 0 Å². The first-order valence-corrected chi connectivity index (χ1v) is 8.34. The zero-order valence-corrected chi connectivity index (χ0v) is 14.6. The van der Waals surface area contributed by atoms with E-state index in [-0.39, 0.29) is 16.9 Å². The number of rotatable bonds is 8. The summed E-state index contributed by atoms with van der Waals surface area (Å²) < 4.78 is 5.84. The first kappa shape index (κ1) is 18.4. The number of nitrogens with one attached hydrogen (secondary N) is 1. The Labute approximate surface area is 130 Å². The second kappa shape index (κ2) is 8.14. The van der Waals surface area contributed by atoms with E-state index in [0.29, 0.717) is 6.42 Å². The highest BCUT2D eigenvalue weighted by molar-refractivity contribution is 5.76. The van der Waals surface area contributed by atoms with Crippen LogP contribution in [-0.4, -0.2) is 50.2 Å². The van der Waals surface area contributed by atoms with Gasteiger partial charge in [0.15, 0.2) is 0 Å². The highest BCUT2D eigenvalue weighted by Crippen LogP contribution is 2.44. The van der Waals surface area contributed by atoms with E-state index in [4.69, 9.17) is 4.74 Å². The van der Waals surface area contributed by atoms with Crippen molar-refractivity contribution < 1.29 is 9.53 Å². The third kappa shape index (κ3) is 6.79. The van der Waals surface area contributed by atoms with Crippen LogP contribution in [0.2, 0.25) is 0 Å². The lowest BCUT2D eigenvalue weighted by Gasteiger charge is -2.44. The molecule has 0 aliphatic carbocycles. The first-order valence-electron chi connectivity index (χ1n) is 8.34. The lowest BCUT2D eigenvalue weighted by atomic mass is 9.69. The second-order valence-electron chi connectivity index (χ2n) is 7.47. The Bertz CT molecular complexity index is 325. The topological polar surface area (TPSA) is 41.6 Å². The van der Waals surface area contributed by atoms with Crippen molar-refractivity contribution in [3.63, 3.8) is 0 Å². The Morgan fingerprint density at radius 1 is 1.33 bits per heavy atom. The lowest BCUT2D eigenvalue weighted by molar-refractivity contribution is -0.134. The van der Waals surface area contributed by atoms with Crippen molar-refractivity contribution in [3.05, 3.63) is 0 Å². The van der Waals surface area contributed by atoms with Gasteiger partial charge in [-0.05, 0) is 65.6 Å². The van der Waals surface area contributed by atoms with Gasteiger partial charge in [0.25, 0.3) is 0 Å². The van der Waals surface area contributed by atoms with E-state index < -0.39 is 0 Å². The molecule has 0 spiro atoms. The number of hydrogen-bond donors (Lipinski definition) is 1. The maximum atomic E-state index is 12.3. The van der Waals surface area contributed by atoms with Gasteiger partial charge in [-0.2, -0.15) is 0 Å². The number of ether oxygens (including phenoxy) is 1. The molecular weight excluding hydrogens is 264 g/mol. The van der Waals surface area contributed by atoms with E-state index in [1.54, 1.807) is 0 Å². The minimum atomic E-state index is -0.0986. The number of hydrogen-bond acceptors (Lipinski definition) is 3. The van der Waals surface area contributed by atoms with Gasteiger partial charge < -0.3 is 15.0 Å². The molecule has 0 aromatic carbocycles. The number of carbonyl (C=O) groups is 1. The Balaban J connectivity index is 2.48. The molecule has 0 radical (unpaired) electrons. The van der Waals surface area contributed by atoms with Gasteiger partial charge in [-0.15, -0.1) is 0 Å². The summed E-state index contributed by atoms with van der Waals surface area (Å²) >= 11 is 0. The van der Waals surface area contributed by atoms with Gasteiger partial charge >= 0.3 is 0 Å². The van der Waals surface area contributed by atoms with Crippen molar-refractivity contribution in [1.29, 1.82) is 0 Å². The number of carbonyl (C=O) groups excluding carboxylic acids is 1. The smallest absolute Gasteiger partial charge is 0.220 e. The minimum Gasteiger partial charge on any atom is -0.376 e. The molecule has 0 unspecified atom stereocenters. The molecule has 1 heterocycles. The molecule has 1 rings (SSSR count). The quantitative estimate of drug-likeness (QED) is 0.701. The molecule has 0 saturated carbocycles. The minimum absolute atomic E-state index is 0.0986. The van der Waals surface area contributed by atoms with Crippen LogP contribution in [0.4, 0.5) is 0 Å². The van der Waals surface area contributed by atoms with Crippen molar-refractivity contribution in [3.8, 4) is 0 Å². The van der Waals surface area contributed by atoms with Gasteiger partial charge in [-0.25, -0.2) is 0 Å². The maximum Gasteiger partial charge on any atom is 0.220 e. The molecule has 1 aliphatic heterocycles. The predicted molar refractivity (Wildman–Crippen MR) is 87.4 cm³/mol. The Hall–Kier alpha value is -0.610. The van der Waals surface area contributed by atoms with Crippen molar-refractivity contribution in [1.82, 2.24) is 10.2 Å². The Morgan fingerprint density at radius 2 is 2.05 bits per heavy atom. The molecule has 0 aromatic rings. The zero-order chi connectivity index (χ0) is 15.9. The normalized spacial score (nSPS) is 25.0. The van der Waals surface area contributed by atoms with Gasteiger partial charge in [0.1, 0.15) is 0 Å². The zero-order valence-electron chi connectivity index (χ0n) is 14.6. The van der Waals surface area contributed by atoms with Gasteiger partial charge in [0, 0.05) is 19.6 Å². The molecule has 0 aromatic heterocycles. The molecule has 1 N–H and O–H groups in total. The van der Waals surface area contributed by atoms with E-state index in [1.165, 1.54) is 0 Å². The summed E-state index contributed by atoms with van der Waals surface area (Å²) in [6, 6.07) is 0. The van der Waals surface area contributed by atoms with Crippen LogP contribution in [0.1, 0.15) is 59.3 Å². The number of nitrogens with zero attached hydrogens (tertiary/aromatic N) is 1. The summed E-state index contributed by atoms with van der Waals surface area (Å²) in [5, 5.41) is 3.09. The molecule has 1 atom stereocenters. The molecule has 4 heteroatoms. The second-order valence-corrected chi connectivity index (χ2v) is 7.47.